The Labute approximate surface area is 137 Å². The number of halogens is 1. The van der Waals surface area contributed by atoms with Crippen LogP contribution in [0, 0.1) is 11.8 Å². The Hall–Kier alpha value is -0.580. The average Bonchev–Trinajstić information content (AvgIpc) is 2.44. The molecule has 2 atom stereocenters. The van der Waals surface area contributed by atoms with Gasteiger partial charge in [0, 0.05) is 17.7 Å². The lowest BCUT2D eigenvalue weighted by molar-refractivity contribution is -0.150. The molecule has 0 heterocycles. The van der Waals surface area contributed by atoms with E-state index >= 15 is 0 Å². The number of esters is 2. The second-order valence-corrected chi connectivity index (χ2v) is 6.01. The van der Waals surface area contributed by atoms with E-state index in [9.17, 15) is 9.59 Å². The predicted molar refractivity (Wildman–Crippen MR) is 87.4 cm³/mol. The molecule has 0 saturated heterocycles. The Morgan fingerprint density at radius 1 is 0.905 bits per heavy atom. The van der Waals surface area contributed by atoms with E-state index in [1.807, 2.05) is 0 Å². The lowest BCUT2D eigenvalue weighted by atomic mass is 10.0. The zero-order valence-electron chi connectivity index (χ0n) is 13.5. The highest BCUT2D eigenvalue weighted by Crippen LogP contribution is 2.17. The monoisotopic (exact) mass is 364 g/mol. The molecule has 0 aliphatic carbocycles. The summed E-state index contributed by atoms with van der Waals surface area (Å²) in [4.78, 5) is 23.4. The summed E-state index contributed by atoms with van der Waals surface area (Å²) in [5.41, 5.74) is 0. The van der Waals surface area contributed by atoms with Crippen molar-refractivity contribution in [1.82, 2.24) is 0 Å². The van der Waals surface area contributed by atoms with Crippen molar-refractivity contribution in [2.45, 2.75) is 59.3 Å². The molecule has 0 rings (SSSR count). The maximum absolute atomic E-state index is 11.8. The molecule has 0 radical (unpaired) electrons. The lowest BCUT2D eigenvalue weighted by Crippen LogP contribution is -2.20. The molecule has 0 fully saturated rings. The third-order valence-corrected chi connectivity index (χ3v) is 4.22. The molecule has 2 unspecified atom stereocenters. The highest BCUT2D eigenvalue weighted by Gasteiger charge is 2.18. The fraction of sp³-hybridized carbons (Fsp3) is 0.875. The Morgan fingerprint density at radius 3 is 1.95 bits per heavy atom. The number of ether oxygens (including phenoxy) is 2. The molecule has 0 aliphatic heterocycles. The van der Waals surface area contributed by atoms with E-state index in [1.165, 1.54) is 0 Å². The minimum absolute atomic E-state index is 0.0617. The maximum Gasteiger partial charge on any atom is 0.306 e. The SMILES string of the molecule is CCCC(CBr)CC(=O)OCC(CCC)CC(=O)OCC. The summed E-state index contributed by atoms with van der Waals surface area (Å²) in [6, 6.07) is 0. The van der Waals surface area contributed by atoms with Gasteiger partial charge in [0.2, 0.25) is 0 Å². The van der Waals surface area contributed by atoms with Crippen LogP contribution in [0.5, 0.6) is 0 Å². The fourth-order valence-corrected chi connectivity index (χ4v) is 2.81. The summed E-state index contributed by atoms with van der Waals surface area (Å²) >= 11 is 3.43. The summed E-state index contributed by atoms with van der Waals surface area (Å²) in [6.45, 7) is 6.66. The van der Waals surface area contributed by atoms with Crippen molar-refractivity contribution in [3.05, 3.63) is 0 Å². The zero-order valence-corrected chi connectivity index (χ0v) is 15.1. The molecule has 124 valence electrons. The van der Waals surface area contributed by atoms with Crippen LogP contribution in [0.4, 0.5) is 0 Å². The third-order valence-electron chi connectivity index (χ3n) is 3.31. The lowest BCUT2D eigenvalue weighted by Gasteiger charge is -2.17. The molecule has 0 aromatic heterocycles. The van der Waals surface area contributed by atoms with Gasteiger partial charge < -0.3 is 9.47 Å². The summed E-state index contributed by atoms with van der Waals surface area (Å²) in [7, 11) is 0. The molecule has 0 spiro atoms. The van der Waals surface area contributed by atoms with Gasteiger partial charge in [-0.05, 0) is 25.7 Å². The highest BCUT2D eigenvalue weighted by molar-refractivity contribution is 9.09. The van der Waals surface area contributed by atoms with E-state index in [-0.39, 0.29) is 17.9 Å². The summed E-state index contributed by atoms with van der Waals surface area (Å²) < 4.78 is 10.3. The molecular weight excluding hydrogens is 336 g/mol. The van der Waals surface area contributed by atoms with Crippen LogP contribution in [-0.4, -0.2) is 30.5 Å². The molecule has 0 amide bonds. The normalized spacial score (nSPS) is 13.5. The maximum atomic E-state index is 11.8. The third kappa shape index (κ3) is 10.7. The van der Waals surface area contributed by atoms with E-state index in [0.717, 1.165) is 31.0 Å². The van der Waals surface area contributed by atoms with Crippen molar-refractivity contribution >= 4 is 27.9 Å². The molecule has 0 aromatic rings. The largest absolute Gasteiger partial charge is 0.466 e. The standard InChI is InChI=1S/C16H29BrO4/c1-4-7-13(11-17)9-16(19)21-12-14(8-5-2)10-15(18)20-6-3/h13-14H,4-12H2,1-3H3. The van der Waals surface area contributed by atoms with Gasteiger partial charge in [0.1, 0.15) is 0 Å². The molecule has 0 aromatic carbocycles. The highest BCUT2D eigenvalue weighted by atomic mass is 79.9. The first-order chi connectivity index (χ1) is 10.1. The predicted octanol–water partition coefficient (Wildman–Crippen LogP) is 4.10. The minimum Gasteiger partial charge on any atom is -0.466 e. The van der Waals surface area contributed by atoms with Crippen molar-refractivity contribution in [3.63, 3.8) is 0 Å². The fourth-order valence-electron chi connectivity index (χ4n) is 2.26. The molecule has 0 saturated carbocycles. The van der Waals surface area contributed by atoms with Crippen LogP contribution in [-0.2, 0) is 19.1 Å². The zero-order chi connectivity index (χ0) is 16.1. The molecule has 5 heteroatoms. The van der Waals surface area contributed by atoms with Gasteiger partial charge in [-0.2, -0.15) is 0 Å². The van der Waals surface area contributed by atoms with Gasteiger partial charge in [0.05, 0.1) is 19.6 Å². The van der Waals surface area contributed by atoms with Gasteiger partial charge in [-0.25, -0.2) is 0 Å². The molecule has 21 heavy (non-hydrogen) atoms. The quantitative estimate of drug-likeness (QED) is 0.386. The number of carbonyl (C=O) groups is 2. The van der Waals surface area contributed by atoms with Gasteiger partial charge in [-0.1, -0.05) is 42.6 Å². The summed E-state index contributed by atoms with van der Waals surface area (Å²) in [5, 5.41) is 0.817. The van der Waals surface area contributed by atoms with Gasteiger partial charge in [-0.15, -0.1) is 0 Å². The first-order valence-corrected chi connectivity index (χ1v) is 9.06. The van der Waals surface area contributed by atoms with Crippen LogP contribution in [0.15, 0.2) is 0 Å². The van der Waals surface area contributed by atoms with E-state index in [1.54, 1.807) is 6.92 Å². The van der Waals surface area contributed by atoms with Crippen LogP contribution >= 0.6 is 15.9 Å². The minimum atomic E-state index is -0.212. The molecule has 0 bridgehead atoms. The molecular formula is C16H29BrO4. The number of carbonyl (C=O) groups excluding carboxylic acids is 2. The summed E-state index contributed by atoms with van der Waals surface area (Å²) in [6.07, 6.45) is 4.67. The van der Waals surface area contributed by atoms with Gasteiger partial charge in [0.15, 0.2) is 0 Å². The number of rotatable bonds is 12. The average molecular weight is 365 g/mol. The Balaban J connectivity index is 4.15. The Morgan fingerprint density at radius 2 is 1.43 bits per heavy atom. The number of hydrogen-bond acceptors (Lipinski definition) is 4. The van der Waals surface area contributed by atoms with Crippen molar-refractivity contribution in [2.75, 3.05) is 18.5 Å². The van der Waals surface area contributed by atoms with Crippen LogP contribution in [0.1, 0.15) is 59.3 Å². The van der Waals surface area contributed by atoms with E-state index in [4.69, 9.17) is 9.47 Å². The molecule has 0 N–H and O–H groups in total. The number of hydrogen-bond donors (Lipinski definition) is 0. The Kier molecular flexibility index (Phi) is 12.7. The van der Waals surface area contributed by atoms with Gasteiger partial charge >= 0.3 is 11.9 Å². The van der Waals surface area contributed by atoms with Crippen LogP contribution < -0.4 is 0 Å². The topological polar surface area (TPSA) is 52.6 Å². The van der Waals surface area contributed by atoms with Crippen molar-refractivity contribution in [2.24, 2.45) is 11.8 Å². The molecule has 0 aliphatic rings. The van der Waals surface area contributed by atoms with E-state index in [2.05, 4.69) is 29.8 Å². The van der Waals surface area contributed by atoms with Crippen molar-refractivity contribution < 1.29 is 19.1 Å². The molecule has 4 nitrogen and oxygen atoms in total. The van der Waals surface area contributed by atoms with Crippen LogP contribution in [0.25, 0.3) is 0 Å². The van der Waals surface area contributed by atoms with E-state index in [0.29, 0.717) is 32.0 Å². The second kappa shape index (κ2) is 13.1. The van der Waals surface area contributed by atoms with E-state index < -0.39 is 0 Å². The summed E-state index contributed by atoms with van der Waals surface area (Å²) in [5.74, 6) is 0.0120. The number of alkyl halides is 1. The van der Waals surface area contributed by atoms with Crippen molar-refractivity contribution in [1.29, 1.82) is 0 Å². The van der Waals surface area contributed by atoms with Gasteiger partial charge in [-0.3, -0.25) is 9.59 Å². The smallest absolute Gasteiger partial charge is 0.306 e. The first-order valence-electron chi connectivity index (χ1n) is 7.94. The second-order valence-electron chi connectivity index (χ2n) is 5.36. The first kappa shape index (κ1) is 20.4. The Bertz CT molecular complexity index is 294. The van der Waals surface area contributed by atoms with Crippen molar-refractivity contribution in [3.8, 4) is 0 Å². The van der Waals surface area contributed by atoms with Crippen LogP contribution in [0.3, 0.4) is 0 Å². The van der Waals surface area contributed by atoms with Crippen LogP contribution in [0.2, 0.25) is 0 Å². The van der Waals surface area contributed by atoms with Gasteiger partial charge in [0.25, 0.3) is 0 Å².